The van der Waals surface area contributed by atoms with Crippen LogP contribution in [0.3, 0.4) is 0 Å². The molecule has 1 aromatic carbocycles. The van der Waals surface area contributed by atoms with E-state index in [0.29, 0.717) is 26.3 Å². The van der Waals surface area contributed by atoms with Gasteiger partial charge in [-0.3, -0.25) is 4.79 Å². The number of rotatable bonds is 3. The largest absolute Gasteiger partial charge is 0.378 e. The Bertz CT molecular complexity index is 658. The van der Waals surface area contributed by atoms with E-state index in [1.807, 2.05) is 46.8 Å². The normalized spacial score (nSPS) is 15.1. The van der Waals surface area contributed by atoms with E-state index in [0.717, 1.165) is 29.1 Å². The van der Waals surface area contributed by atoms with E-state index < -0.39 is 0 Å². The molecule has 2 heterocycles. The summed E-state index contributed by atoms with van der Waals surface area (Å²) >= 11 is 0. The van der Waals surface area contributed by atoms with Crippen LogP contribution < -0.4 is 0 Å². The molecule has 0 N–H and O–H groups in total. The number of para-hydroxylation sites is 1. The molecule has 0 atom stereocenters. The molecule has 0 radical (unpaired) electrons. The van der Waals surface area contributed by atoms with Crippen LogP contribution in [0.2, 0.25) is 0 Å². The van der Waals surface area contributed by atoms with Gasteiger partial charge in [-0.2, -0.15) is 5.10 Å². The monoisotopic (exact) mass is 299 g/mol. The molecule has 3 rings (SSSR count). The van der Waals surface area contributed by atoms with Gasteiger partial charge < -0.3 is 9.64 Å². The Balaban J connectivity index is 2.01. The molecule has 2 aromatic rings. The number of morpholine rings is 1. The first-order valence-electron chi connectivity index (χ1n) is 7.73. The van der Waals surface area contributed by atoms with Crippen LogP contribution in [0.5, 0.6) is 0 Å². The van der Waals surface area contributed by atoms with Gasteiger partial charge in [0.25, 0.3) is 5.91 Å². The molecule has 116 valence electrons. The third-order valence-corrected chi connectivity index (χ3v) is 4.00. The zero-order chi connectivity index (χ0) is 15.5. The number of benzene rings is 1. The summed E-state index contributed by atoms with van der Waals surface area (Å²) < 4.78 is 7.22. The summed E-state index contributed by atoms with van der Waals surface area (Å²) in [7, 11) is 0. The first kappa shape index (κ1) is 14.8. The van der Waals surface area contributed by atoms with E-state index >= 15 is 0 Å². The first-order valence-corrected chi connectivity index (χ1v) is 7.73. The summed E-state index contributed by atoms with van der Waals surface area (Å²) in [4.78, 5) is 14.7. The number of nitrogens with zero attached hydrogens (tertiary/aromatic N) is 3. The molecular weight excluding hydrogens is 278 g/mol. The minimum atomic E-state index is 0.0693. The Hall–Kier alpha value is -2.14. The quantitative estimate of drug-likeness (QED) is 0.873. The maximum atomic E-state index is 12.9. The van der Waals surface area contributed by atoms with Crippen molar-refractivity contribution in [3.8, 4) is 5.69 Å². The molecule has 0 saturated carbocycles. The minimum absolute atomic E-state index is 0.0693. The molecule has 0 spiro atoms. The number of ether oxygens (including phenoxy) is 1. The second kappa shape index (κ2) is 6.32. The van der Waals surface area contributed by atoms with Crippen molar-refractivity contribution < 1.29 is 9.53 Å². The van der Waals surface area contributed by atoms with Gasteiger partial charge in [0.2, 0.25) is 0 Å². The second-order valence-electron chi connectivity index (χ2n) is 5.41. The number of carbonyl (C=O) groups excluding carboxylic acids is 1. The Kier molecular flexibility index (Phi) is 4.24. The Morgan fingerprint density at radius 1 is 1.23 bits per heavy atom. The summed E-state index contributed by atoms with van der Waals surface area (Å²) in [6.07, 6.45) is 0.765. The van der Waals surface area contributed by atoms with Gasteiger partial charge in [0.05, 0.1) is 35.9 Å². The lowest BCUT2D eigenvalue weighted by atomic mass is 10.1. The average molecular weight is 299 g/mol. The molecule has 1 aliphatic rings. The molecule has 0 unspecified atom stereocenters. The van der Waals surface area contributed by atoms with Gasteiger partial charge in [-0.1, -0.05) is 25.1 Å². The lowest BCUT2D eigenvalue weighted by molar-refractivity contribution is 0.0301. The van der Waals surface area contributed by atoms with Crippen LogP contribution in [0.4, 0.5) is 0 Å². The van der Waals surface area contributed by atoms with Crippen molar-refractivity contribution in [1.82, 2.24) is 14.7 Å². The van der Waals surface area contributed by atoms with Crippen LogP contribution in [-0.4, -0.2) is 46.9 Å². The molecule has 5 nitrogen and oxygen atoms in total. The highest BCUT2D eigenvalue weighted by Crippen LogP contribution is 2.21. The first-order chi connectivity index (χ1) is 10.7. The lowest BCUT2D eigenvalue weighted by Gasteiger charge is -2.27. The van der Waals surface area contributed by atoms with Crippen LogP contribution in [-0.2, 0) is 11.2 Å². The standard InChI is InChI=1S/C17H21N3O2/c1-3-15-16(17(21)19-9-11-22-12-10-19)13(2)18-20(15)14-7-5-4-6-8-14/h4-8H,3,9-12H2,1-2H3. The second-order valence-corrected chi connectivity index (χ2v) is 5.41. The third kappa shape index (κ3) is 2.64. The van der Waals surface area contributed by atoms with Gasteiger partial charge in [-0.25, -0.2) is 4.68 Å². The fraction of sp³-hybridized carbons (Fsp3) is 0.412. The molecule has 1 aromatic heterocycles. The number of hydrogen-bond acceptors (Lipinski definition) is 3. The van der Waals surface area contributed by atoms with Gasteiger partial charge in [0, 0.05) is 13.1 Å². The Morgan fingerprint density at radius 2 is 1.91 bits per heavy atom. The molecule has 0 bridgehead atoms. The number of aromatic nitrogens is 2. The SMILES string of the molecule is CCc1c(C(=O)N2CCOCC2)c(C)nn1-c1ccccc1. The van der Waals surface area contributed by atoms with E-state index in [1.54, 1.807) is 0 Å². The van der Waals surface area contributed by atoms with Crippen molar-refractivity contribution in [3.05, 3.63) is 47.3 Å². The van der Waals surface area contributed by atoms with Crippen LogP contribution in [0.1, 0.15) is 28.7 Å². The molecule has 1 amide bonds. The van der Waals surface area contributed by atoms with E-state index in [2.05, 4.69) is 12.0 Å². The van der Waals surface area contributed by atoms with Gasteiger partial charge in [0.15, 0.2) is 0 Å². The van der Waals surface area contributed by atoms with E-state index in [-0.39, 0.29) is 5.91 Å². The maximum absolute atomic E-state index is 12.9. The van der Waals surface area contributed by atoms with Gasteiger partial charge in [0.1, 0.15) is 0 Å². The number of carbonyl (C=O) groups is 1. The van der Waals surface area contributed by atoms with Crippen molar-refractivity contribution in [2.45, 2.75) is 20.3 Å². The molecule has 0 aliphatic carbocycles. The van der Waals surface area contributed by atoms with Gasteiger partial charge in [-0.05, 0) is 25.5 Å². The summed E-state index contributed by atoms with van der Waals surface area (Å²) in [5, 5.41) is 4.61. The fourth-order valence-electron chi connectivity index (χ4n) is 2.89. The number of aryl methyl sites for hydroxylation is 1. The molecular formula is C17H21N3O2. The topological polar surface area (TPSA) is 47.4 Å². The Labute approximate surface area is 130 Å². The summed E-state index contributed by atoms with van der Waals surface area (Å²) in [5.41, 5.74) is 3.49. The zero-order valence-corrected chi connectivity index (χ0v) is 13.1. The van der Waals surface area contributed by atoms with Crippen LogP contribution in [0.25, 0.3) is 5.69 Å². The predicted octanol–water partition coefficient (Wildman–Crippen LogP) is 2.22. The van der Waals surface area contributed by atoms with Crippen molar-refractivity contribution in [3.63, 3.8) is 0 Å². The highest BCUT2D eigenvalue weighted by Gasteiger charge is 2.26. The van der Waals surface area contributed by atoms with Crippen LogP contribution >= 0.6 is 0 Å². The van der Waals surface area contributed by atoms with E-state index in [4.69, 9.17) is 4.74 Å². The van der Waals surface area contributed by atoms with Gasteiger partial charge in [-0.15, -0.1) is 0 Å². The van der Waals surface area contributed by atoms with Gasteiger partial charge >= 0.3 is 0 Å². The lowest BCUT2D eigenvalue weighted by Crippen LogP contribution is -2.41. The summed E-state index contributed by atoms with van der Waals surface area (Å²) in [5.74, 6) is 0.0693. The fourth-order valence-corrected chi connectivity index (χ4v) is 2.89. The molecule has 22 heavy (non-hydrogen) atoms. The van der Waals surface area contributed by atoms with Crippen molar-refractivity contribution in [2.24, 2.45) is 0 Å². The predicted molar refractivity (Wildman–Crippen MR) is 84.4 cm³/mol. The molecule has 1 saturated heterocycles. The number of hydrogen-bond donors (Lipinski definition) is 0. The van der Waals surface area contributed by atoms with E-state index in [9.17, 15) is 4.79 Å². The van der Waals surface area contributed by atoms with Crippen LogP contribution in [0, 0.1) is 6.92 Å². The summed E-state index contributed by atoms with van der Waals surface area (Å²) in [6, 6.07) is 9.96. The number of amides is 1. The molecule has 1 aliphatic heterocycles. The summed E-state index contributed by atoms with van der Waals surface area (Å²) in [6.45, 7) is 6.49. The van der Waals surface area contributed by atoms with E-state index in [1.165, 1.54) is 0 Å². The highest BCUT2D eigenvalue weighted by atomic mass is 16.5. The molecule has 1 fully saturated rings. The molecule has 5 heteroatoms. The smallest absolute Gasteiger partial charge is 0.257 e. The maximum Gasteiger partial charge on any atom is 0.257 e. The third-order valence-electron chi connectivity index (χ3n) is 4.00. The van der Waals surface area contributed by atoms with Crippen molar-refractivity contribution in [2.75, 3.05) is 26.3 Å². The Morgan fingerprint density at radius 3 is 2.55 bits per heavy atom. The van der Waals surface area contributed by atoms with Crippen molar-refractivity contribution >= 4 is 5.91 Å². The van der Waals surface area contributed by atoms with Crippen molar-refractivity contribution in [1.29, 1.82) is 0 Å². The average Bonchev–Trinajstić information content (AvgIpc) is 2.92. The zero-order valence-electron chi connectivity index (χ0n) is 13.1. The van der Waals surface area contributed by atoms with Crippen LogP contribution in [0.15, 0.2) is 30.3 Å². The minimum Gasteiger partial charge on any atom is -0.378 e. The highest BCUT2D eigenvalue weighted by molar-refractivity contribution is 5.96.